The van der Waals surface area contributed by atoms with Crippen molar-refractivity contribution in [1.29, 1.82) is 0 Å². The molecule has 0 bridgehead atoms. The fourth-order valence-electron chi connectivity index (χ4n) is 10.0. The molecule has 32 heteroatoms. The van der Waals surface area contributed by atoms with E-state index in [0.29, 0.717) is 67.5 Å². The summed E-state index contributed by atoms with van der Waals surface area (Å²) in [5.74, 6) is 3.33. The predicted octanol–water partition coefficient (Wildman–Crippen LogP) is 15.6. The molecule has 0 aliphatic heterocycles. The number of halogens is 2. The predicted molar refractivity (Wildman–Crippen MR) is 420 cm³/mol. The summed E-state index contributed by atoms with van der Waals surface area (Å²) >= 11 is 9.57. The zero-order chi connectivity index (χ0) is 76.1. The molecule has 2 aliphatic carbocycles. The number of carbonyl (C=O) groups is 2. The lowest BCUT2D eigenvalue weighted by atomic mass is 9.86. The van der Waals surface area contributed by atoms with Crippen LogP contribution in [0.15, 0.2) is 136 Å². The molecule has 103 heavy (non-hydrogen) atoms. The van der Waals surface area contributed by atoms with Crippen molar-refractivity contribution < 1.29 is 35.9 Å². The Morgan fingerprint density at radius 1 is 0.544 bits per heavy atom. The Hall–Kier alpha value is -7.98. The number of nitrogen functional groups attached to an aromatic ring is 3. The summed E-state index contributed by atoms with van der Waals surface area (Å²) in [4.78, 5) is 66.7. The summed E-state index contributed by atoms with van der Waals surface area (Å²) in [5, 5.41) is 11.1. The minimum Gasteiger partial charge on any atom is -0.447 e. The topological polar surface area (TPSA) is 388 Å². The van der Waals surface area contributed by atoms with Gasteiger partial charge in [0.15, 0.2) is 0 Å². The van der Waals surface area contributed by atoms with E-state index < -0.39 is 20.0 Å². The number of alkyl carbamates (subject to hydrolysis) is 2. The summed E-state index contributed by atoms with van der Waals surface area (Å²) in [6.45, 7) is 32.8. The van der Waals surface area contributed by atoms with Crippen LogP contribution in [0.4, 0.5) is 38.5 Å². The molecule has 558 valence electrons. The molecule has 10 rings (SSSR count). The molecule has 2 aliphatic rings. The molecule has 2 saturated carbocycles. The Kier molecular flexibility index (Phi) is 35.0. The number of thiazole rings is 2. The number of ether oxygens (including phenoxy) is 2. The molecule has 0 saturated heterocycles. The molecular weight excluding hydrogens is 1520 g/mol. The molecular formula is C71H98Br2N18O8S4. The molecule has 2 aromatic carbocycles. The van der Waals surface area contributed by atoms with Crippen molar-refractivity contribution in [2.75, 3.05) is 35.6 Å². The number of benzene rings is 2. The monoisotopic (exact) mass is 1620 g/mol. The standard InChI is InChI=1S/C28H38N6O4S2.C21H28BrN3O4S2.C7H11N3.C7H9N3.C4H4BrN3.C4H8/c1-6-32-40(36,37)25-13-21(33-26-14-23(17(2)3)30-16-31-26)11-12-22(25)24-15-29-27(39-24)19-7-9-20(10-8-19)34-28(35)38-18(4)5;1-4-24-31(27,28)19-11-15(22)7-10-17(19)18-12-23-20(30-18)14-5-8-16(9-6-14)25-21(26)29-13(2)3;2*1-5(2)6-3-7(8)10-4-9-6;5-3-1-4(6)8-2-7-3;1-4(2)3/h11-20,32H,6-10H2,1-5H3,(H,34,35)(H,30,31,33);7,10-14,16,24H,4-6,8-9H2,1-3H3,(H,25,26);3-5H,1-2H3,(H2,8,9,10);3-4H,1H2,2H3,(H2,8,9,10);1-2H,(H2,6,7,8);1H2,2-3H3. The highest BCUT2D eigenvalue weighted by atomic mass is 79.9. The lowest BCUT2D eigenvalue weighted by Crippen LogP contribution is -2.38. The van der Waals surface area contributed by atoms with E-state index in [1.165, 1.54) is 53.6 Å². The first-order chi connectivity index (χ1) is 48.7. The first kappa shape index (κ1) is 85.7. The van der Waals surface area contributed by atoms with Crippen molar-refractivity contribution in [1.82, 2.24) is 69.9 Å². The van der Waals surface area contributed by atoms with Crippen LogP contribution in [0.5, 0.6) is 0 Å². The lowest BCUT2D eigenvalue weighted by molar-refractivity contribution is 0.108. The van der Waals surface area contributed by atoms with Gasteiger partial charge in [-0.2, -0.15) is 0 Å². The molecule has 6 heterocycles. The Labute approximate surface area is 631 Å². The van der Waals surface area contributed by atoms with Crippen molar-refractivity contribution in [3.05, 3.63) is 153 Å². The van der Waals surface area contributed by atoms with E-state index in [-0.39, 0.29) is 64.6 Å². The second kappa shape index (κ2) is 42.1. The molecule has 2 amide bonds. The van der Waals surface area contributed by atoms with E-state index in [1.807, 2.05) is 78.8 Å². The lowest BCUT2D eigenvalue weighted by Gasteiger charge is -2.28. The van der Waals surface area contributed by atoms with Gasteiger partial charge < -0.3 is 42.6 Å². The summed E-state index contributed by atoms with van der Waals surface area (Å²) in [7, 11) is -7.37. The van der Waals surface area contributed by atoms with Gasteiger partial charge in [0.1, 0.15) is 53.2 Å². The van der Waals surface area contributed by atoms with Gasteiger partial charge >= 0.3 is 12.2 Å². The van der Waals surface area contributed by atoms with E-state index in [0.717, 1.165) is 93.8 Å². The molecule has 8 aromatic rings. The largest absolute Gasteiger partial charge is 0.447 e. The Bertz CT molecular complexity index is 4260. The number of aromatic nitrogens is 10. The number of nitrogens with two attached hydrogens (primary N) is 3. The van der Waals surface area contributed by atoms with E-state index >= 15 is 0 Å². The van der Waals surface area contributed by atoms with E-state index in [2.05, 4.69) is 148 Å². The highest BCUT2D eigenvalue weighted by Crippen LogP contribution is 2.42. The highest BCUT2D eigenvalue weighted by Gasteiger charge is 2.30. The van der Waals surface area contributed by atoms with Crippen LogP contribution < -0.4 is 42.6 Å². The average molecular weight is 1620 g/mol. The first-order valence-corrected chi connectivity index (χ1v) is 39.9. The number of hydrogen-bond acceptors (Lipinski definition) is 24. The summed E-state index contributed by atoms with van der Waals surface area (Å²) < 4.78 is 68.8. The van der Waals surface area contributed by atoms with Crippen LogP contribution in [0.3, 0.4) is 0 Å². The number of amides is 2. The second-order valence-corrected chi connectivity index (χ2v) is 32.8. The van der Waals surface area contributed by atoms with Crippen LogP contribution >= 0.6 is 54.5 Å². The minimum atomic E-state index is -3.76. The average Bonchev–Trinajstić information content (AvgIpc) is 1.75. The van der Waals surface area contributed by atoms with Crippen LogP contribution in [-0.4, -0.2) is 116 Å². The zero-order valence-electron chi connectivity index (χ0n) is 60.7. The van der Waals surface area contributed by atoms with Crippen LogP contribution in [-0.2, 0) is 29.5 Å². The van der Waals surface area contributed by atoms with Crippen molar-refractivity contribution in [3.8, 4) is 20.9 Å². The fraction of sp³-hybridized carbons (Fsp3) is 0.437. The van der Waals surface area contributed by atoms with Crippen molar-refractivity contribution in [2.45, 2.75) is 199 Å². The summed E-state index contributed by atoms with van der Waals surface area (Å²) in [6, 6.07) is 17.8. The van der Waals surface area contributed by atoms with E-state index in [1.54, 1.807) is 56.6 Å². The van der Waals surface area contributed by atoms with Crippen molar-refractivity contribution in [3.63, 3.8) is 0 Å². The Balaban J connectivity index is 0.000000262. The first-order valence-electron chi connectivity index (χ1n) is 33.7. The van der Waals surface area contributed by atoms with Gasteiger partial charge in [0.25, 0.3) is 0 Å². The third-order valence-corrected chi connectivity index (χ3v) is 21.4. The summed E-state index contributed by atoms with van der Waals surface area (Å²) in [6.07, 6.45) is 15.4. The zero-order valence-corrected chi connectivity index (χ0v) is 67.1. The maximum Gasteiger partial charge on any atom is 0.407 e. The number of nitrogens with zero attached hydrogens (tertiary/aromatic N) is 10. The van der Waals surface area contributed by atoms with Gasteiger partial charge in [-0.3, -0.25) is 0 Å². The van der Waals surface area contributed by atoms with Gasteiger partial charge in [-0.15, -0.1) is 29.3 Å². The maximum atomic E-state index is 13.2. The normalized spacial score (nSPS) is 15.6. The van der Waals surface area contributed by atoms with Gasteiger partial charge in [-0.1, -0.05) is 81.8 Å². The molecule has 0 spiro atoms. The van der Waals surface area contributed by atoms with Gasteiger partial charge in [-0.05, 0) is 157 Å². The molecule has 0 unspecified atom stereocenters. The highest BCUT2D eigenvalue weighted by molar-refractivity contribution is 9.10. The molecule has 26 nitrogen and oxygen atoms in total. The maximum absolute atomic E-state index is 13.2. The SMILES string of the molecule is C=C(C)C.C=C(C)c1cc(N)ncn1.CC(C)c1cc(N)ncn1.CCNS(=O)(=O)c1cc(Br)ccc1-c1cnc(C2CCC(NC(=O)OC(C)C)CC2)s1.CCNS(=O)(=O)c1cc(Nc2cc(C(C)C)ncn2)ccc1-c1cnc(C2CCC(NC(=O)OC(C)C)CC2)s1.Nc1cc(Br)ncn1. The van der Waals surface area contributed by atoms with E-state index in [9.17, 15) is 26.4 Å². The number of sulfonamides is 2. The van der Waals surface area contributed by atoms with Gasteiger partial charge in [-0.25, -0.2) is 85.7 Å². The van der Waals surface area contributed by atoms with Crippen molar-refractivity contribution >= 4 is 121 Å². The molecule has 11 N–H and O–H groups in total. The van der Waals surface area contributed by atoms with E-state index in [4.69, 9.17) is 26.7 Å². The van der Waals surface area contributed by atoms with Gasteiger partial charge in [0.2, 0.25) is 20.0 Å². The Morgan fingerprint density at radius 3 is 1.35 bits per heavy atom. The molecule has 0 radical (unpaired) electrons. The number of hydrogen-bond donors (Lipinski definition) is 8. The number of anilines is 5. The number of nitrogens with one attached hydrogen (secondary N) is 5. The van der Waals surface area contributed by atoms with Crippen LogP contribution in [0.25, 0.3) is 26.5 Å². The third kappa shape index (κ3) is 29.6. The molecule has 0 atom stereocenters. The number of rotatable bonds is 19. The summed E-state index contributed by atoms with van der Waals surface area (Å²) in [5.41, 5.74) is 22.7. The van der Waals surface area contributed by atoms with Gasteiger partial charge in [0, 0.05) is 106 Å². The molecule has 6 aromatic heterocycles. The minimum absolute atomic E-state index is 0.0883. The van der Waals surface area contributed by atoms with Crippen LogP contribution in [0, 0.1) is 0 Å². The second-order valence-electron chi connectivity index (χ2n) is 25.5. The quantitative estimate of drug-likeness (QED) is 0.0275. The fourth-order valence-corrected chi connectivity index (χ4v) is 15.8. The Morgan fingerprint density at radius 2 is 0.961 bits per heavy atom. The number of allylic oxidation sites excluding steroid dienone is 2. The molecule has 2 fully saturated rings. The smallest absolute Gasteiger partial charge is 0.407 e. The van der Waals surface area contributed by atoms with Crippen LogP contribution in [0.1, 0.15) is 192 Å². The van der Waals surface area contributed by atoms with Crippen molar-refractivity contribution in [2.24, 2.45) is 0 Å². The van der Waals surface area contributed by atoms with Crippen LogP contribution in [0.2, 0.25) is 0 Å². The van der Waals surface area contributed by atoms with Gasteiger partial charge in [0.05, 0.1) is 47.5 Å². The third-order valence-electron chi connectivity index (χ3n) is 14.9. The number of carbonyl (C=O) groups excluding carboxylic acids is 2.